The highest BCUT2D eigenvalue weighted by Crippen LogP contribution is 2.29. The quantitative estimate of drug-likeness (QED) is 0.284. The highest BCUT2D eigenvalue weighted by Gasteiger charge is 2.20. The Bertz CT molecular complexity index is 1630. The van der Waals surface area contributed by atoms with Crippen LogP contribution in [0.3, 0.4) is 0 Å². The van der Waals surface area contributed by atoms with Gasteiger partial charge in [-0.2, -0.15) is 4.21 Å². The van der Waals surface area contributed by atoms with E-state index in [1.54, 1.807) is 0 Å². The number of pyridine rings is 1. The lowest BCUT2D eigenvalue weighted by Crippen LogP contribution is -2.33. The number of rotatable bonds is 6. The van der Waals surface area contributed by atoms with E-state index in [2.05, 4.69) is 5.32 Å². The van der Waals surface area contributed by atoms with Crippen molar-refractivity contribution in [2.75, 3.05) is 5.32 Å². The number of sulfonamides is 1. The summed E-state index contributed by atoms with van der Waals surface area (Å²) in [5, 5.41) is 18.9. The van der Waals surface area contributed by atoms with Crippen molar-refractivity contribution in [3.05, 3.63) is 75.4 Å². The fourth-order valence-corrected chi connectivity index (χ4v) is 5.82. The minimum absolute atomic E-state index is 0.120. The molecule has 0 saturated carbocycles. The molecule has 0 aliphatic heterocycles. The van der Waals surface area contributed by atoms with E-state index in [-0.39, 0.29) is 31.1 Å². The Morgan fingerprint density at radius 3 is 2.46 bits per heavy atom. The topological polar surface area (TPSA) is 170 Å². The summed E-state index contributed by atoms with van der Waals surface area (Å²) in [6, 6.07) is 13.0. The second kappa shape index (κ2) is 9.67. The van der Waals surface area contributed by atoms with Crippen molar-refractivity contribution in [2.24, 2.45) is 5.14 Å². The molecular weight excluding hydrogens is 540 g/mol. The minimum Gasteiger partial charge on any atom is -0.494 e. The van der Waals surface area contributed by atoms with Gasteiger partial charge >= 0.3 is 6.03 Å². The molecule has 0 aliphatic carbocycles. The number of hydrogen-bond donors (Lipinski definition) is 4. The smallest absolute Gasteiger partial charge is 0.333 e. The SMILES string of the molecule is NS(=O)Oc1ccc2cc(=O)n(-c3ccc(NC(=O)NS(=O)(=O)c4ccc(Cl)s4)cc3)c(O)c2c1. The van der Waals surface area contributed by atoms with Crippen LogP contribution in [0.5, 0.6) is 11.6 Å². The normalized spacial score (nSPS) is 12.3. The van der Waals surface area contributed by atoms with Gasteiger partial charge in [-0.3, -0.25) is 4.79 Å². The Hall–Kier alpha value is -3.43. The van der Waals surface area contributed by atoms with Gasteiger partial charge in [0.05, 0.1) is 10.0 Å². The maximum Gasteiger partial charge on any atom is 0.333 e. The molecular formula is C20H15ClN4O7S3. The molecule has 4 rings (SSSR count). The first-order chi connectivity index (χ1) is 16.5. The fourth-order valence-electron chi connectivity index (χ4n) is 3.14. The number of nitrogens with zero attached hydrogens (tertiary/aromatic N) is 1. The van der Waals surface area contributed by atoms with Crippen molar-refractivity contribution >= 4 is 66.7 Å². The number of carbonyl (C=O) groups is 1. The molecule has 0 saturated heterocycles. The zero-order chi connectivity index (χ0) is 25.3. The molecule has 11 nitrogen and oxygen atoms in total. The maximum absolute atomic E-state index is 12.6. The number of benzene rings is 2. The number of aromatic hydroxyl groups is 1. The van der Waals surface area contributed by atoms with Crippen LogP contribution in [0, 0.1) is 0 Å². The van der Waals surface area contributed by atoms with Crippen LogP contribution in [-0.4, -0.2) is 28.3 Å². The van der Waals surface area contributed by atoms with Gasteiger partial charge in [0.25, 0.3) is 26.8 Å². The second-order valence-electron chi connectivity index (χ2n) is 6.90. The van der Waals surface area contributed by atoms with Crippen LogP contribution in [0.2, 0.25) is 4.34 Å². The van der Waals surface area contributed by atoms with Crippen molar-refractivity contribution in [1.82, 2.24) is 9.29 Å². The molecule has 0 bridgehead atoms. The number of carbonyl (C=O) groups excluding carboxylic acids is 1. The van der Waals surface area contributed by atoms with Crippen LogP contribution in [0.25, 0.3) is 16.5 Å². The average molecular weight is 555 g/mol. The third kappa shape index (κ3) is 5.47. The first-order valence-electron chi connectivity index (χ1n) is 9.46. The van der Waals surface area contributed by atoms with Gasteiger partial charge < -0.3 is 14.6 Å². The van der Waals surface area contributed by atoms with Gasteiger partial charge in [0.1, 0.15) is 9.96 Å². The van der Waals surface area contributed by atoms with Crippen molar-refractivity contribution in [3.63, 3.8) is 0 Å². The van der Waals surface area contributed by atoms with E-state index in [9.17, 15) is 27.3 Å². The number of nitrogens with one attached hydrogen (secondary N) is 2. The van der Waals surface area contributed by atoms with E-state index in [0.29, 0.717) is 5.39 Å². The molecule has 0 fully saturated rings. The molecule has 2 aromatic heterocycles. The van der Waals surface area contributed by atoms with Gasteiger partial charge in [-0.05, 0) is 53.9 Å². The van der Waals surface area contributed by atoms with Gasteiger partial charge in [-0.1, -0.05) is 17.7 Å². The van der Waals surface area contributed by atoms with Crippen LogP contribution in [-0.2, 0) is 21.3 Å². The predicted octanol–water partition coefficient (Wildman–Crippen LogP) is 2.84. The number of nitrogens with two attached hydrogens (primary N) is 1. The number of thiophene rings is 1. The maximum atomic E-state index is 12.6. The van der Waals surface area contributed by atoms with Crippen LogP contribution in [0.1, 0.15) is 0 Å². The fraction of sp³-hybridized carbons (Fsp3) is 0. The third-order valence-electron chi connectivity index (χ3n) is 4.58. The molecule has 182 valence electrons. The number of hydrogen-bond acceptors (Lipinski definition) is 8. The summed E-state index contributed by atoms with van der Waals surface area (Å²) in [7, 11) is -4.10. The lowest BCUT2D eigenvalue weighted by atomic mass is 10.1. The molecule has 5 N–H and O–H groups in total. The highest BCUT2D eigenvalue weighted by molar-refractivity contribution is 7.92. The minimum atomic E-state index is -4.10. The van der Waals surface area contributed by atoms with E-state index in [1.807, 2.05) is 4.72 Å². The lowest BCUT2D eigenvalue weighted by molar-refractivity contribution is 0.256. The summed E-state index contributed by atoms with van der Waals surface area (Å²) < 4.78 is 43.5. The number of aromatic nitrogens is 1. The van der Waals surface area contributed by atoms with Gasteiger partial charge in [-0.25, -0.2) is 27.6 Å². The standard InChI is InChI=1S/C20H15ClN4O7S3/c21-16-7-8-18(33-16)35(30,31)24-20(28)23-12-2-4-13(5-3-12)25-17(26)9-11-1-6-14(32-34(22)29)10-15(11)19(25)27/h1-10,27H,22H2,(H2,23,24,28). The molecule has 0 spiro atoms. The molecule has 0 radical (unpaired) electrons. The Balaban J connectivity index is 1.57. The van der Waals surface area contributed by atoms with Crippen molar-refractivity contribution in [3.8, 4) is 17.3 Å². The molecule has 4 aromatic rings. The van der Waals surface area contributed by atoms with Crippen LogP contribution in [0.15, 0.2) is 69.7 Å². The molecule has 2 amide bonds. The molecule has 0 aliphatic rings. The number of anilines is 1. The number of amides is 2. The molecule has 15 heteroatoms. The van der Waals surface area contributed by atoms with Crippen LogP contribution in [0.4, 0.5) is 10.5 Å². The summed E-state index contributed by atoms with van der Waals surface area (Å²) in [4.78, 5) is 24.8. The van der Waals surface area contributed by atoms with Gasteiger partial charge in [0.2, 0.25) is 5.88 Å². The molecule has 2 heterocycles. The lowest BCUT2D eigenvalue weighted by Gasteiger charge is -2.13. The summed E-state index contributed by atoms with van der Waals surface area (Å²) >= 11 is 4.47. The monoisotopic (exact) mass is 554 g/mol. The van der Waals surface area contributed by atoms with E-state index in [0.717, 1.165) is 15.9 Å². The summed E-state index contributed by atoms with van der Waals surface area (Å²) in [5.74, 6) is -0.274. The number of halogens is 1. The van der Waals surface area contributed by atoms with E-state index in [4.69, 9.17) is 20.9 Å². The Labute approximate surface area is 209 Å². The third-order valence-corrected chi connectivity index (χ3v) is 7.99. The average Bonchev–Trinajstić information content (AvgIpc) is 3.22. The Morgan fingerprint density at radius 1 is 1.11 bits per heavy atom. The zero-order valence-corrected chi connectivity index (χ0v) is 20.5. The molecule has 35 heavy (non-hydrogen) atoms. The van der Waals surface area contributed by atoms with Crippen molar-refractivity contribution in [1.29, 1.82) is 0 Å². The zero-order valence-electron chi connectivity index (χ0n) is 17.3. The summed E-state index contributed by atoms with van der Waals surface area (Å²) in [6.45, 7) is 0. The molecule has 1 atom stereocenters. The van der Waals surface area contributed by atoms with E-state index in [1.165, 1.54) is 60.7 Å². The summed E-state index contributed by atoms with van der Waals surface area (Å²) in [6.07, 6.45) is 0. The Kier molecular flexibility index (Phi) is 6.82. The highest BCUT2D eigenvalue weighted by atomic mass is 35.5. The van der Waals surface area contributed by atoms with Gasteiger partial charge in [-0.15, -0.1) is 11.3 Å². The largest absolute Gasteiger partial charge is 0.494 e. The van der Waals surface area contributed by atoms with Crippen LogP contribution < -0.4 is 24.9 Å². The number of fused-ring (bicyclic) bond motifs is 1. The summed E-state index contributed by atoms with van der Waals surface area (Å²) in [5.41, 5.74) is -0.0553. The predicted molar refractivity (Wildman–Crippen MR) is 133 cm³/mol. The Morgan fingerprint density at radius 2 is 1.83 bits per heavy atom. The van der Waals surface area contributed by atoms with Crippen LogP contribution >= 0.6 is 22.9 Å². The van der Waals surface area contributed by atoms with Gasteiger partial charge in [0, 0.05) is 17.1 Å². The first-order valence-corrected chi connectivity index (χ1v) is 13.3. The van der Waals surface area contributed by atoms with E-state index >= 15 is 0 Å². The molecule has 1 unspecified atom stereocenters. The van der Waals surface area contributed by atoms with Crippen molar-refractivity contribution < 1.29 is 26.7 Å². The van der Waals surface area contributed by atoms with Crippen molar-refractivity contribution in [2.45, 2.75) is 4.21 Å². The van der Waals surface area contributed by atoms with E-state index < -0.39 is 38.8 Å². The second-order valence-corrected chi connectivity index (χ2v) is 11.2. The molecule has 2 aromatic carbocycles. The number of urea groups is 1. The first kappa shape index (κ1) is 24.7. The van der Waals surface area contributed by atoms with Gasteiger partial charge in [0.15, 0.2) is 0 Å².